The van der Waals surface area contributed by atoms with Gasteiger partial charge in [-0.25, -0.2) is 0 Å². The molecule has 68 heavy (non-hydrogen) atoms. The quantitative estimate of drug-likeness (QED) is 0.0700. The van der Waals surface area contributed by atoms with E-state index < -0.39 is 127 Å². The summed E-state index contributed by atoms with van der Waals surface area (Å²) in [5.41, 5.74) is 0.890. The number of carbonyl (C=O) groups is 4. The van der Waals surface area contributed by atoms with Gasteiger partial charge in [0.25, 0.3) is 5.69 Å². The number of nitro benzene ring substituents is 1. The zero-order valence-corrected chi connectivity index (χ0v) is 40.8. The van der Waals surface area contributed by atoms with E-state index in [0.29, 0.717) is 23.8 Å². The van der Waals surface area contributed by atoms with Crippen LogP contribution >= 0.6 is 0 Å². The number of likely N-dealkylation sites (N-methyl/N-ethyl adjacent to an activating group) is 1. The number of esters is 2. The number of ketones is 1. The second-order valence-electron chi connectivity index (χ2n) is 18.3. The van der Waals surface area contributed by atoms with Gasteiger partial charge in [-0.3, -0.25) is 29.3 Å². The van der Waals surface area contributed by atoms with E-state index in [1.807, 2.05) is 13.0 Å². The average molecular weight is 961 g/mol. The third kappa shape index (κ3) is 15.1. The van der Waals surface area contributed by atoms with Crippen LogP contribution in [0.5, 0.6) is 0 Å². The maximum Gasteiger partial charge on any atom is 0.310 e. The Hall–Kier alpha value is -4.28. The number of methoxy groups -OCH3 is 2. The Morgan fingerprint density at radius 3 is 2.18 bits per heavy atom. The highest BCUT2D eigenvalue weighted by molar-refractivity contribution is 5.91. The van der Waals surface area contributed by atoms with Crippen molar-refractivity contribution in [3.8, 4) is 0 Å². The molecule has 0 amide bonds. The van der Waals surface area contributed by atoms with E-state index in [2.05, 4.69) is 0 Å². The molecule has 0 aliphatic carbocycles. The maximum absolute atomic E-state index is 14.4. The van der Waals surface area contributed by atoms with Crippen molar-refractivity contribution in [3.63, 3.8) is 0 Å². The number of aliphatic hydroxyl groups excluding tert-OH is 3. The topological polar surface area (TPSA) is 249 Å². The molecule has 0 saturated carbocycles. The average Bonchev–Trinajstić information content (AvgIpc) is 3.29. The Morgan fingerprint density at radius 1 is 0.926 bits per heavy atom. The van der Waals surface area contributed by atoms with Crippen LogP contribution in [0, 0.1) is 33.8 Å². The molecule has 3 N–H and O–H groups in total. The van der Waals surface area contributed by atoms with Gasteiger partial charge >= 0.3 is 11.9 Å². The number of nitro groups is 1. The molecule has 1 aromatic carbocycles. The molecular formula is C49H72N2O17. The van der Waals surface area contributed by atoms with Crippen LogP contribution in [0.15, 0.2) is 60.2 Å². The van der Waals surface area contributed by atoms with E-state index in [0.717, 1.165) is 0 Å². The third-order valence-electron chi connectivity index (χ3n) is 13.1. The lowest BCUT2D eigenvalue weighted by atomic mass is 9.79. The van der Waals surface area contributed by atoms with Crippen LogP contribution in [0.1, 0.15) is 72.8 Å². The highest BCUT2D eigenvalue weighted by Gasteiger charge is 2.48. The van der Waals surface area contributed by atoms with Crippen molar-refractivity contribution in [2.24, 2.45) is 23.7 Å². The van der Waals surface area contributed by atoms with Crippen LogP contribution in [0.25, 0.3) is 0 Å². The molecule has 17 atom stereocenters. The van der Waals surface area contributed by atoms with Crippen LogP contribution in [-0.2, 0) is 63.5 Å². The largest absolute Gasteiger partial charge is 0.462 e. The van der Waals surface area contributed by atoms with Crippen LogP contribution in [0.4, 0.5) is 5.69 Å². The fraction of sp³-hybridized carbons (Fsp3) is 0.673. The molecule has 2 fully saturated rings. The second kappa shape index (κ2) is 26.6. The first-order chi connectivity index (χ1) is 32.2. The first kappa shape index (κ1) is 56.3. The van der Waals surface area contributed by atoms with Crippen molar-refractivity contribution in [1.29, 1.82) is 0 Å². The van der Waals surface area contributed by atoms with Gasteiger partial charge in [0, 0.05) is 44.1 Å². The van der Waals surface area contributed by atoms with Crippen molar-refractivity contribution < 1.29 is 77.3 Å². The number of aldehydes is 1. The lowest BCUT2D eigenvalue weighted by molar-refractivity contribution is -0.384. The molecule has 3 aliphatic rings. The zero-order chi connectivity index (χ0) is 50.4. The van der Waals surface area contributed by atoms with Gasteiger partial charge in [0.1, 0.15) is 42.9 Å². The summed E-state index contributed by atoms with van der Waals surface area (Å²) >= 11 is 0. The van der Waals surface area contributed by atoms with Crippen molar-refractivity contribution in [2.45, 2.75) is 153 Å². The minimum Gasteiger partial charge on any atom is -0.462 e. The number of carbonyl (C=O) groups excluding carboxylic acids is 4. The minimum absolute atomic E-state index is 0.0637. The Labute approximate surface area is 398 Å². The van der Waals surface area contributed by atoms with Crippen LogP contribution in [0.3, 0.4) is 0 Å². The number of rotatable bonds is 16. The summed E-state index contributed by atoms with van der Waals surface area (Å²) in [7, 11) is 6.28. The Morgan fingerprint density at radius 2 is 1.57 bits per heavy atom. The number of aliphatic hydroxyl groups is 3. The summed E-state index contributed by atoms with van der Waals surface area (Å²) < 4.78 is 48.8. The van der Waals surface area contributed by atoms with Crippen LogP contribution in [0.2, 0.25) is 0 Å². The number of ether oxygens (including phenoxy) is 8. The van der Waals surface area contributed by atoms with Crippen molar-refractivity contribution in [3.05, 3.63) is 75.9 Å². The van der Waals surface area contributed by atoms with Gasteiger partial charge in [-0.2, -0.15) is 0 Å². The van der Waals surface area contributed by atoms with Gasteiger partial charge in [0.15, 0.2) is 18.4 Å². The summed E-state index contributed by atoms with van der Waals surface area (Å²) in [5.74, 6) is -4.53. The van der Waals surface area contributed by atoms with Gasteiger partial charge in [-0.1, -0.05) is 56.7 Å². The molecule has 19 nitrogen and oxygen atoms in total. The van der Waals surface area contributed by atoms with Gasteiger partial charge in [-0.15, -0.1) is 0 Å². The van der Waals surface area contributed by atoms with E-state index in [1.165, 1.54) is 50.6 Å². The number of hydrogen-bond donors (Lipinski definition) is 3. The smallest absolute Gasteiger partial charge is 0.310 e. The van der Waals surface area contributed by atoms with Crippen LogP contribution in [-0.4, -0.2) is 164 Å². The van der Waals surface area contributed by atoms with E-state index >= 15 is 0 Å². The molecule has 380 valence electrons. The molecule has 0 bridgehead atoms. The molecule has 0 radical (unpaired) electrons. The lowest BCUT2D eigenvalue weighted by Crippen LogP contribution is -2.63. The molecule has 2 saturated heterocycles. The van der Waals surface area contributed by atoms with Gasteiger partial charge < -0.3 is 58.1 Å². The minimum atomic E-state index is -1.39. The molecule has 4 rings (SSSR count). The Balaban J connectivity index is 1.81. The number of cyclic esters (lactones) is 1. The highest BCUT2D eigenvalue weighted by atomic mass is 16.7. The van der Waals surface area contributed by atoms with E-state index in [1.54, 1.807) is 65.8 Å². The molecule has 1 aromatic rings. The summed E-state index contributed by atoms with van der Waals surface area (Å²) in [6.07, 6.45) is -3.70. The standard InChI is InChI=1S/C49H72N2O17/c1-11-37-34(26-63-49-47(62-10)46(61-9)43(57)31(6)65-49)22-27(2)15-20-36(53)28(3)23-33(14-12-13-21-52)45(68-48-44(58)41(50(7)8)42(56)30(5)64-48)29(4)38(25-40(55)66-37)67-39(54)24-32-16-18-35(19-17-32)51(59)60/h12-13,15-22,28-31,33-34,37-38,41-49,56-58H,11,14,23-26H2,1-10H3/b13-12+,20-15+,27-22+/t28-,29+,30+,31-,33+,34-,37-,38-,41-,42+,43-,44+,45-,46-,47-,48-,49-/m1/s1. The predicted molar refractivity (Wildman–Crippen MR) is 246 cm³/mol. The van der Waals surface area contributed by atoms with E-state index in [9.17, 15) is 44.6 Å². The molecule has 19 heteroatoms. The summed E-state index contributed by atoms with van der Waals surface area (Å²) in [5, 5.41) is 44.8. The SMILES string of the molecule is CC[C@H]1OC(=O)C[C@@H](OC(=O)Cc2ccc([N+](=O)[O-])cc2)[C@H](C)[C@@H](O[C@H]2O[C@@H](C)[C@H](O)[C@@H](N(C)C)[C@@H]2O)[C@@H](C/C=C/C=O)C[C@@H](C)C(=O)/C=C/C(C)=C/[C@@H]1CO[C@@H]1O[C@H](C)[C@@H](O)[C@@H](OC)[C@H]1OC. The number of nitrogens with zero attached hydrogens (tertiary/aromatic N) is 2. The number of non-ortho nitro benzene ring substituents is 1. The van der Waals surface area contributed by atoms with Crippen LogP contribution < -0.4 is 0 Å². The van der Waals surface area contributed by atoms with E-state index in [4.69, 9.17) is 37.9 Å². The summed E-state index contributed by atoms with van der Waals surface area (Å²) in [6, 6.07) is 4.56. The number of benzene rings is 1. The number of allylic oxidation sites excluding steroid dienone is 5. The Bertz CT molecular complexity index is 1910. The van der Waals surface area contributed by atoms with Crippen molar-refractivity contribution in [1.82, 2.24) is 4.90 Å². The number of hydrogen-bond acceptors (Lipinski definition) is 18. The first-order valence-corrected chi connectivity index (χ1v) is 23.2. The maximum atomic E-state index is 14.4. The van der Waals surface area contributed by atoms with Gasteiger partial charge in [-0.05, 0) is 77.8 Å². The highest BCUT2D eigenvalue weighted by Crippen LogP contribution is 2.36. The van der Waals surface area contributed by atoms with E-state index in [-0.39, 0.29) is 37.3 Å². The molecule has 3 aliphatic heterocycles. The molecular weight excluding hydrogens is 889 g/mol. The predicted octanol–water partition coefficient (Wildman–Crippen LogP) is 3.82. The van der Waals surface area contributed by atoms with Gasteiger partial charge in [0.05, 0.1) is 54.8 Å². The van der Waals surface area contributed by atoms with Gasteiger partial charge in [0.2, 0.25) is 0 Å². The molecule has 3 heterocycles. The fourth-order valence-electron chi connectivity index (χ4n) is 9.19. The van der Waals surface area contributed by atoms with Crippen molar-refractivity contribution in [2.75, 3.05) is 34.9 Å². The molecule has 0 unspecified atom stereocenters. The fourth-order valence-corrected chi connectivity index (χ4v) is 9.19. The summed E-state index contributed by atoms with van der Waals surface area (Å²) in [4.78, 5) is 66.2. The lowest BCUT2D eigenvalue weighted by Gasteiger charge is -2.46. The second-order valence-corrected chi connectivity index (χ2v) is 18.3. The Kier molecular flexibility index (Phi) is 22.1. The zero-order valence-electron chi connectivity index (χ0n) is 40.8. The van der Waals surface area contributed by atoms with Crippen molar-refractivity contribution >= 4 is 29.7 Å². The first-order valence-electron chi connectivity index (χ1n) is 23.2. The normalized spacial score (nSPS) is 37.0. The molecule has 0 aromatic heterocycles. The monoisotopic (exact) mass is 960 g/mol. The molecule has 0 spiro atoms. The summed E-state index contributed by atoms with van der Waals surface area (Å²) in [6.45, 7) is 10.3. The third-order valence-corrected chi connectivity index (χ3v) is 13.1.